The molecule has 0 aliphatic heterocycles. The minimum absolute atomic E-state index is 0.616. The number of benzene rings is 16. The van der Waals surface area contributed by atoms with Gasteiger partial charge in [-0.05, 0) is 99.7 Å². The second kappa shape index (κ2) is 23.7. The molecule has 484 valence electrons. The van der Waals surface area contributed by atoms with Crippen molar-refractivity contribution in [1.29, 1.82) is 0 Å². The van der Waals surface area contributed by atoms with Crippen LogP contribution in [-0.2, 0) is 0 Å². The number of fused-ring (bicyclic) bond motifs is 19. The Labute approximate surface area is 594 Å². The normalized spacial score (nSPS) is 11.8. The van der Waals surface area contributed by atoms with E-state index in [4.69, 9.17) is 38.7 Å². The monoisotopic (exact) mass is 1330 g/mol. The van der Waals surface area contributed by atoms with Crippen LogP contribution in [0.5, 0.6) is 0 Å². The first-order valence-corrected chi connectivity index (χ1v) is 34.9. The van der Waals surface area contributed by atoms with Crippen LogP contribution >= 0.6 is 0 Å². The molecule has 22 aromatic rings. The molecule has 0 amide bonds. The molecular weight excluding hydrogens is 1270 g/mol. The Morgan fingerprint density at radius 1 is 0.202 bits per heavy atom. The number of furan rings is 2. The van der Waals surface area contributed by atoms with E-state index >= 15 is 0 Å². The standard InChI is InChI=1S/2C47H28N4O/c1-3-14-30(15-4-1)45-48-46(31-16-5-2-6-17-31)50-47(49-45)40-28-39-38-27-32(24-26-42(38)52-44(39)37-21-10-9-19-34(37)40)51-41-22-12-11-20-35(41)36-25-23-29-13-7-8-18-33(29)43(36)51;1-3-13-29(14-4-1)45-48-46(30-15-5-2-6-16-30)50-47(49-45)40-28-39-38-27-33(23-24-43(38)52-44(39)36-21-10-9-19-34(36)40)51-41-22-12-11-20-35(41)37-25-31-17-7-8-18-32(31)26-42(37)51/h2*1-28H. The minimum Gasteiger partial charge on any atom is -0.455 e. The van der Waals surface area contributed by atoms with E-state index in [1.807, 2.05) is 121 Å². The molecule has 6 heterocycles. The molecule has 0 N–H and O–H groups in total. The van der Waals surface area contributed by atoms with Crippen molar-refractivity contribution in [3.8, 4) is 79.7 Å². The van der Waals surface area contributed by atoms with Crippen LogP contribution < -0.4 is 0 Å². The molecule has 104 heavy (non-hydrogen) atoms. The smallest absolute Gasteiger partial charge is 0.164 e. The first-order chi connectivity index (χ1) is 51.5. The Hall–Kier alpha value is -14.2. The van der Waals surface area contributed by atoms with Gasteiger partial charge in [0.25, 0.3) is 0 Å². The molecule has 10 heteroatoms. The van der Waals surface area contributed by atoms with E-state index in [0.29, 0.717) is 34.9 Å². The number of aromatic nitrogens is 8. The third-order valence-corrected chi connectivity index (χ3v) is 20.4. The van der Waals surface area contributed by atoms with Gasteiger partial charge in [0.2, 0.25) is 0 Å². The molecule has 10 nitrogen and oxygen atoms in total. The Balaban J connectivity index is 0.000000134. The Kier molecular flexibility index (Phi) is 13.4. The highest BCUT2D eigenvalue weighted by Crippen LogP contribution is 2.45. The largest absolute Gasteiger partial charge is 0.455 e. The van der Waals surface area contributed by atoms with Gasteiger partial charge >= 0.3 is 0 Å². The maximum absolute atomic E-state index is 6.70. The van der Waals surface area contributed by atoms with Crippen molar-refractivity contribution in [3.63, 3.8) is 0 Å². The molecule has 6 aromatic heterocycles. The average Bonchev–Trinajstić information content (AvgIpc) is 1.53. The van der Waals surface area contributed by atoms with Crippen LogP contribution in [0.4, 0.5) is 0 Å². The second-order valence-corrected chi connectivity index (χ2v) is 26.4. The van der Waals surface area contributed by atoms with E-state index in [1.54, 1.807) is 0 Å². The lowest BCUT2D eigenvalue weighted by Gasteiger charge is -2.11. The second-order valence-electron chi connectivity index (χ2n) is 26.4. The van der Waals surface area contributed by atoms with Gasteiger partial charge in [-0.15, -0.1) is 0 Å². The minimum atomic E-state index is 0.616. The lowest BCUT2D eigenvalue weighted by molar-refractivity contribution is 0.672. The third-order valence-electron chi connectivity index (χ3n) is 20.4. The van der Waals surface area contributed by atoms with E-state index in [1.165, 1.54) is 59.6 Å². The van der Waals surface area contributed by atoms with E-state index < -0.39 is 0 Å². The third kappa shape index (κ3) is 9.57. The molecule has 0 bridgehead atoms. The van der Waals surface area contributed by atoms with Crippen LogP contribution in [-0.4, -0.2) is 39.0 Å². The fourth-order valence-electron chi connectivity index (χ4n) is 15.6. The van der Waals surface area contributed by atoms with E-state index in [0.717, 1.165) is 116 Å². The predicted octanol–water partition coefficient (Wildman–Crippen LogP) is 24.4. The van der Waals surface area contributed by atoms with Gasteiger partial charge in [-0.2, -0.15) is 0 Å². The molecule has 0 saturated carbocycles. The molecule has 22 rings (SSSR count). The van der Waals surface area contributed by atoms with Crippen LogP contribution in [0.3, 0.4) is 0 Å². The van der Waals surface area contributed by atoms with Gasteiger partial charge in [0.15, 0.2) is 34.9 Å². The van der Waals surface area contributed by atoms with Gasteiger partial charge in [0, 0.05) is 104 Å². The van der Waals surface area contributed by atoms with Gasteiger partial charge in [-0.25, -0.2) is 29.9 Å². The summed E-state index contributed by atoms with van der Waals surface area (Å²) in [6, 6.07) is 118. The fraction of sp³-hybridized carbons (Fsp3) is 0. The lowest BCUT2D eigenvalue weighted by atomic mass is 9.99. The molecular formula is C94H56N8O2. The predicted molar refractivity (Wildman–Crippen MR) is 426 cm³/mol. The Morgan fingerprint density at radius 2 is 0.567 bits per heavy atom. The van der Waals surface area contributed by atoms with Crippen molar-refractivity contribution in [3.05, 3.63) is 340 Å². The zero-order valence-electron chi connectivity index (χ0n) is 55.7. The highest BCUT2D eigenvalue weighted by Gasteiger charge is 2.24. The summed E-state index contributed by atoms with van der Waals surface area (Å²) in [6.45, 7) is 0. The molecule has 0 atom stereocenters. The summed E-state index contributed by atoms with van der Waals surface area (Å²) in [6.07, 6.45) is 0. The SMILES string of the molecule is c1ccc(-c2nc(-c3ccccc3)nc(-c3cc4c5cc(-n6c7ccccc7c7cc8ccccc8cc76)ccc5oc4c4ccccc34)n2)cc1.c1ccc(-c2nc(-c3ccccc3)nc(-c3cc4c5cc(-n6c7ccccc7c7ccc8ccccc8c76)ccc5oc4c4ccccc34)n2)cc1. The van der Waals surface area contributed by atoms with Gasteiger partial charge in [0.05, 0.1) is 22.1 Å². The fourth-order valence-corrected chi connectivity index (χ4v) is 15.6. The van der Waals surface area contributed by atoms with Gasteiger partial charge in [-0.1, -0.05) is 267 Å². The number of hydrogen-bond donors (Lipinski definition) is 0. The number of hydrogen-bond acceptors (Lipinski definition) is 8. The molecule has 0 aliphatic rings. The van der Waals surface area contributed by atoms with E-state index in [9.17, 15) is 0 Å². The van der Waals surface area contributed by atoms with Crippen molar-refractivity contribution in [2.24, 2.45) is 0 Å². The van der Waals surface area contributed by atoms with Gasteiger partial charge in [-0.3, -0.25) is 0 Å². The molecule has 0 saturated heterocycles. The number of para-hydroxylation sites is 2. The highest BCUT2D eigenvalue weighted by atomic mass is 16.3. The van der Waals surface area contributed by atoms with Crippen LogP contribution in [0.1, 0.15) is 0 Å². The summed E-state index contributed by atoms with van der Waals surface area (Å²) in [5.41, 5.74) is 15.8. The Bertz CT molecular complexity index is 7090. The molecule has 0 aliphatic carbocycles. The zero-order valence-corrected chi connectivity index (χ0v) is 55.7. The lowest BCUT2D eigenvalue weighted by Crippen LogP contribution is -2.00. The van der Waals surface area contributed by atoms with Crippen molar-refractivity contribution in [1.82, 2.24) is 39.0 Å². The maximum atomic E-state index is 6.70. The molecule has 0 radical (unpaired) electrons. The topological polar surface area (TPSA) is 113 Å². The molecule has 0 unspecified atom stereocenters. The van der Waals surface area contributed by atoms with Crippen molar-refractivity contribution < 1.29 is 8.83 Å². The summed E-state index contributed by atoms with van der Waals surface area (Å²) in [5, 5.41) is 18.0. The van der Waals surface area contributed by atoms with Crippen molar-refractivity contribution in [2.45, 2.75) is 0 Å². The molecule has 0 fully saturated rings. The van der Waals surface area contributed by atoms with Crippen LogP contribution in [0.2, 0.25) is 0 Å². The summed E-state index contributed by atoms with van der Waals surface area (Å²) >= 11 is 0. The van der Waals surface area contributed by atoms with Crippen LogP contribution in [0.25, 0.3) is 210 Å². The van der Waals surface area contributed by atoms with E-state index in [-0.39, 0.29) is 0 Å². The van der Waals surface area contributed by atoms with Crippen LogP contribution in [0, 0.1) is 0 Å². The average molecular weight is 1330 g/mol. The summed E-state index contributed by atoms with van der Waals surface area (Å²) in [4.78, 5) is 30.4. The molecule has 16 aromatic carbocycles. The van der Waals surface area contributed by atoms with Crippen LogP contribution in [0.15, 0.2) is 349 Å². The van der Waals surface area contributed by atoms with Gasteiger partial charge in [0.1, 0.15) is 22.3 Å². The van der Waals surface area contributed by atoms with Gasteiger partial charge < -0.3 is 18.0 Å². The number of rotatable bonds is 8. The maximum Gasteiger partial charge on any atom is 0.164 e. The quantitative estimate of drug-likeness (QED) is 0.148. The first kappa shape index (κ1) is 58.7. The molecule has 0 spiro atoms. The first-order valence-electron chi connectivity index (χ1n) is 34.9. The van der Waals surface area contributed by atoms with Crippen molar-refractivity contribution >= 4 is 131 Å². The summed E-state index contributed by atoms with van der Waals surface area (Å²) < 4.78 is 18.2. The summed E-state index contributed by atoms with van der Waals surface area (Å²) in [5.74, 6) is 3.76. The zero-order chi connectivity index (χ0) is 68.3. The van der Waals surface area contributed by atoms with E-state index in [2.05, 4.69) is 228 Å². The Morgan fingerprint density at radius 3 is 1.05 bits per heavy atom. The highest BCUT2D eigenvalue weighted by molar-refractivity contribution is 6.23. The van der Waals surface area contributed by atoms with Crippen molar-refractivity contribution in [2.75, 3.05) is 0 Å². The summed E-state index contributed by atoms with van der Waals surface area (Å²) in [7, 11) is 0. The number of nitrogens with zero attached hydrogens (tertiary/aromatic N) is 8.